The lowest BCUT2D eigenvalue weighted by molar-refractivity contribution is 0.0827. The fourth-order valence-corrected chi connectivity index (χ4v) is 1.86. The van der Waals surface area contributed by atoms with Crippen molar-refractivity contribution in [2.24, 2.45) is 0 Å². The maximum atomic E-state index is 12.0. The molecule has 0 aliphatic carbocycles. The molecule has 0 saturated carbocycles. The molecule has 2 rings (SSSR count). The number of nitrogens with zero attached hydrogens (tertiary/aromatic N) is 2. The molecule has 1 aromatic carbocycles. The predicted octanol–water partition coefficient (Wildman–Crippen LogP) is 2.46. The van der Waals surface area contributed by atoms with Gasteiger partial charge in [0.1, 0.15) is 5.75 Å². The van der Waals surface area contributed by atoms with Crippen LogP contribution >= 0.6 is 0 Å². The molecule has 0 spiro atoms. The van der Waals surface area contributed by atoms with E-state index in [-0.39, 0.29) is 5.91 Å². The van der Waals surface area contributed by atoms with Gasteiger partial charge >= 0.3 is 0 Å². The monoisotopic (exact) mass is 256 g/mol. The molecule has 1 amide bonds. The average Bonchev–Trinajstić information content (AvgIpc) is 2.46. The molecule has 2 aromatic rings. The van der Waals surface area contributed by atoms with E-state index in [1.807, 2.05) is 24.3 Å². The molecule has 0 aliphatic rings. The number of pyridine rings is 1. The zero-order chi connectivity index (χ0) is 13.8. The van der Waals surface area contributed by atoms with E-state index in [1.165, 1.54) is 0 Å². The van der Waals surface area contributed by atoms with Crippen LogP contribution in [0.2, 0.25) is 0 Å². The number of ether oxygens (including phenoxy) is 1. The minimum absolute atomic E-state index is 0.0186. The first-order valence-corrected chi connectivity index (χ1v) is 5.93. The zero-order valence-electron chi connectivity index (χ0n) is 11.3. The van der Waals surface area contributed by atoms with Gasteiger partial charge in [-0.05, 0) is 23.8 Å². The number of carbonyl (C=O) groups is 1. The Balaban J connectivity index is 2.46. The van der Waals surface area contributed by atoms with Crippen LogP contribution in [-0.2, 0) is 0 Å². The number of aromatic nitrogens is 1. The number of hydrogen-bond donors (Lipinski definition) is 0. The van der Waals surface area contributed by atoms with E-state index >= 15 is 0 Å². The quantitative estimate of drug-likeness (QED) is 0.847. The molecule has 1 heterocycles. The van der Waals surface area contributed by atoms with Crippen LogP contribution in [0.1, 0.15) is 10.4 Å². The van der Waals surface area contributed by atoms with Crippen molar-refractivity contribution in [1.29, 1.82) is 0 Å². The van der Waals surface area contributed by atoms with Crippen LogP contribution in [-0.4, -0.2) is 37.0 Å². The Morgan fingerprint density at radius 2 is 2.05 bits per heavy atom. The summed E-state index contributed by atoms with van der Waals surface area (Å²) in [6.45, 7) is 0. The lowest BCUT2D eigenvalue weighted by Crippen LogP contribution is -2.21. The van der Waals surface area contributed by atoms with Crippen molar-refractivity contribution < 1.29 is 9.53 Å². The van der Waals surface area contributed by atoms with Crippen LogP contribution in [0.25, 0.3) is 11.1 Å². The largest absolute Gasteiger partial charge is 0.494 e. The minimum Gasteiger partial charge on any atom is -0.494 e. The SMILES string of the molecule is COc1cnccc1-c1cccc(C(=O)N(C)C)c1. The van der Waals surface area contributed by atoms with Gasteiger partial charge in [0.2, 0.25) is 0 Å². The first-order chi connectivity index (χ1) is 9.13. The fraction of sp³-hybridized carbons (Fsp3) is 0.200. The van der Waals surface area contributed by atoms with E-state index < -0.39 is 0 Å². The van der Waals surface area contributed by atoms with Crippen LogP contribution in [0, 0.1) is 0 Å². The third-order valence-electron chi connectivity index (χ3n) is 2.83. The van der Waals surface area contributed by atoms with Gasteiger partial charge in [0.15, 0.2) is 0 Å². The fourth-order valence-electron chi connectivity index (χ4n) is 1.86. The van der Waals surface area contributed by atoms with E-state index in [2.05, 4.69) is 4.98 Å². The van der Waals surface area contributed by atoms with E-state index in [0.717, 1.165) is 11.1 Å². The Morgan fingerprint density at radius 1 is 1.26 bits per heavy atom. The highest BCUT2D eigenvalue weighted by Crippen LogP contribution is 2.29. The normalized spacial score (nSPS) is 10.1. The maximum absolute atomic E-state index is 12.0. The maximum Gasteiger partial charge on any atom is 0.253 e. The standard InChI is InChI=1S/C15H16N2O2/c1-17(2)15(18)12-6-4-5-11(9-12)13-7-8-16-10-14(13)19-3/h4-10H,1-3H3. The molecule has 19 heavy (non-hydrogen) atoms. The van der Waals surface area contributed by atoms with Crippen LogP contribution in [0.15, 0.2) is 42.7 Å². The van der Waals surface area contributed by atoms with E-state index in [0.29, 0.717) is 11.3 Å². The van der Waals surface area contributed by atoms with Crippen LogP contribution in [0.5, 0.6) is 5.75 Å². The summed E-state index contributed by atoms with van der Waals surface area (Å²) in [6.07, 6.45) is 3.37. The highest BCUT2D eigenvalue weighted by Gasteiger charge is 2.11. The van der Waals surface area contributed by atoms with Gasteiger partial charge in [-0.2, -0.15) is 0 Å². The zero-order valence-corrected chi connectivity index (χ0v) is 11.3. The van der Waals surface area contributed by atoms with E-state index in [4.69, 9.17) is 4.74 Å². The molecule has 0 saturated heterocycles. The van der Waals surface area contributed by atoms with Crippen LogP contribution in [0.4, 0.5) is 0 Å². The van der Waals surface area contributed by atoms with Gasteiger partial charge in [-0.15, -0.1) is 0 Å². The Hall–Kier alpha value is -2.36. The molecule has 0 bridgehead atoms. The van der Waals surface area contributed by atoms with Crippen molar-refractivity contribution in [3.63, 3.8) is 0 Å². The number of amides is 1. The molecular formula is C15H16N2O2. The predicted molar refractivity (Wildman–Crippen MR) is 74.2 cm³/mol. The summed E-state index contributed by atoms with van der Waals surface area (Å²) in [4.78, 5) is 17.6. The second kappa shape index (κ2) is 5.52. The number of hydrogen-bond acceptors (Lipinski definition) is 3. The van der Waals surface area contributed by atoms with Gasteiger partial charge < -0.3 is 9.64 Å². The van der Waals surface area contributed by atoms with Crippen molar-refractivity contribution >= 4 is 5.91 Å². The highest BCUT2D eigenvalue weighted by molar-refractivity contribution is 5.95. The molecule has 0 N–H and O–H groups in total. The van der Waals surface area contributed by atoms with Crippen LogP contribution < -0.4 is 4.74 Å². The molecule has 4 heteroatoms. The average molecular weight is 256 g/mol. The third kappa shape index (κ3) is 2.73. The summed E-state index contributed by atoms with van der Waals surface area (Å²) >= 11 is 0. The highest BCUT2D eigenvalue weighted by atomic mass is 16.5. The third-order valence-corrected chi connectivity index (χ3v) is 2.83. The Bertz CT molecular complexity index is 594. The lowest BCUT2D eigenvalue weighted by atomic mass is 10.0. The summed E-state index contributed by atoms with van der Waals surface area (Å²) in [7, 11) is 5.08. The summed E-state index contributed by atoms with van der Waals surface area (Å²) in [6, 6.07) is 9.36. The summed E-state index contributed by atoms with van der Waals surface area (Å²) in [5.74, 6) is 0.673. The topological polar surface area (TPSA) is 42.4 Å². The number of benzene rings is 1. The summed E-state index contributed by atoms with van der Waals surface area (Å²) < 4.78 is 5.29. The van der Waals surface area contributed by atoms with Crippen molar-refractivity contribution in [2.45, 2.75) is 0 Å². The van der Waals surface area contributed by atoms with Gasteiger partial charge in [-0.25, -0.2) is 0 Å². The number of carbonyl (C=O) groups excluding carboxylic acids is 1. The molecular weight excluding hydrogens is 240 g/mol. The summed E-state index contributed by atoms with van der Waals surface area (Å²) in [5.41, 5.74) is 2.51. The molecule has 0 atom stereocenters. The van der Waals surface area contributed by atoms with Gasteiger partial charge in [-0.3, -0.25) is 9.78 Å². The van der Waals surface area contributed by atoms with Gasteiger partial charge in [-0.1, -0.05) is 12.1 Å². The Morgan fingerprint density at radius 3 is 2.74 bits per heavy atom. The summed E-state index contributed by atoms with van der Waals surface area (Å²) in [5, 5.41) is 0. The van der Waals surface area contributed by atoms with Crippen molar-refractivity contribution in [3.8, 4) is 16.9 Å². The van der Waals surface area contributed by atoms with Crippen molar-refractivity contribution in [3.05, 3.63) is 48.3 Å². The number of methoxy groups -OCH3 is 1. The molecule has 1 aromatic heterocycles. The molecule has 0 aliphatic heterocycles. The van der Waals surface area contributed by atoms with Gasteiger partial charge in [0.05, 0.1) is 13.3 Å². The molecule has 0 radical (unpaired) electrons. The van der Waals surface area contributed by atoms with E-state index in [1.54, 1.807) is 44.6 Å². The van der Waals surface area contributed by atoms with Gasteiger partial charge in [0, 0.05) is 31.4 Å². The first-order valence-electron chi connectivity index (χ1n) is 5.93. The Kier molecular flexibility index (Phi) is 3.80. The number of rotatable bonds is 3. The minimum atomic E-state index is -0.0186. The second-order valence-corrected chi connectivity index (χ2v) is 4.36. The Labute approximate surface area is 112 Å². The van der Waals surface area contributed by atoms with Gasteiger partial charge in [0.25, 0.3) is 5.91 Å². The lowest BCUT2D eigenvalue weighted by Gasteiger charge is -2.12. The van der Waals surface area contributed by atoms with E-state index in [9.17, 15) is 4.79 Å². The molecule has 0 unspecified atom stereocenters. The molecule has 0 fully saturated rings. The first kappa shape index (κ1) is 13.1. The second-order valence-electron chi connectivity index (χ2n) is 4.36. The molecule has 98 valence electrons. The van der Waals surface area contributed by atoms with Crippen molar-refractivity contribution in [2.75, 3.05) is 21.2 Å². The van der Waals surface area contributed by atoms with Crippen LogP contribution in [0.3, 0.4) is 0 Å². The smallest absolute Gasteiger partial charge is 0.253 e. The molecule has 4 nitrogen and oxygen atoms in total. The van der Waals surface area contributed by atoms with Crippen molar-refractivity contribution in [1.82, 2.24) is 9.88 Å².